The Morgan fingerprint density at radius 3 is 2.44 bits per heavy atom. The Morgan fingerprint density at radius 2 is 1.80 bits per heavy atom. The number of hydrogen-bond donors (Lipinski definition) is 2. The summed E-state index contributed by atoms with van der Waals surface area (Å²) in [6.45, 7) is 1.37. The monoisotopic (exact) mass is 363 g/mol. The number of carbonyl (C=O) groups is 1. The van der Waals surface area contributed by atoms with Gasteiger partial charge in [0.2, 0.25) is 0 Å². The molecule has 0 aliphatic carbocycles. The average molecular weight is 363 g/mol. The van der Waals surface area contributed by atoms with E-state index in [4.69, 9.17) is 4.42 Å². The number of furan rings is 1. The predicted octanol–water partition coefficient (Wildman–Crippen LogP) is 2.35. The normalized spacial score (nSPS) is 15.8. The lowest BCUT2D eigenvalue weighted by Gasteiger charge is -2.25. The van der Waals surface area contributed by atoms with Gasteiger partial charge in [0.05, 0.1) is 6.26 Å². The fourth-order valence-electron chi connectivity index (χ4n) is 2.68. The van der Waals surface area contributed by atoms with Gasteiger partial charge in [0.1, 0.15) is 0 Å². The van der Waals surface area contributed by atoms with Crippen molar-refractivity contribution in [2.45, 2.75) is 25.8 Å². The molecule has 1 saturated heterocycles. The van der Waals surface area contributed by atoms with Gasteiger partial charge in [0.25, 0.3) is 16.1 Å². The van der Waals surface area contributed by atoms with Crippen molar-refractivity contribution < 1.29 is 17.6 Å². The summed E-state index contributed by atoms with van der Waals surface area (Å²) in [5.41, 5.74) is 1.43. The maximum Gasteiger partial charge on any atom is 0.291 e. The van der Waals surface area contributed by atoms with Gasteiger partial charge in [-0.05, 0) is 42.7 Å². The Bertz CT molecular complexity index is 795. The van der Waals surface area contributed by atoms with Gasteiger partial charge in [0, 0.05) is 25.3 Å². The quantitative estimate of drug-likeness (QED) is 0.824. The van der Waals surface area contributed by atoms with E-state index in [9.17, 15) is 13.2 Å². The van der Waals surface area contributed by atoms with Gasteiger partial charge in [-0.3, -0.25) is 4.79 Å². The lowest BCUT2D eigenvalue weighted by atomic mass is 10.2. The van der Waals surface area contributed by atoms with Gasteiger partial charge in [-0.2, -0.15) is 17.4 Å². The Balaban J connectivity index is 1.54. The van der Waals surface area contributed by atoms with Crippen LogP contribution in [0.4, 0.5) is 5.69 Å². The Kier molecular flexibility index (Phi) is 5.52. The number of nitrogens with one attached hydrogen (secondary N) is 2. The minimum atomic E-state index is -3.44. The largest absolute Gasteiger partial charge is 0.459 e. The van der Waals surface area contributed by atoms with Gasteiger partial charge in [-0.1, -0.05) is 18.6 Å². The van der Waals surface area contributed by atoms with E-state index >= 15 is 0 Å². The zero-order valence-corrected chi connectivity index (χ0v) is 14.6. The average Bonchev–Trinajstić information content (AvgIpc) is 3.17. The first-order chi connectivity index (χ1) is 12.0. The fraction of sp³-hybridized carbons (Fsp3) is 0.353. The number of anilines is 1. The van der Waals surface area contributed by atoms with Crippen molar-refractivity contribution in [3.8, 4) is 0 Å². The highest BCUT2D eigenvalue weighted by molar-refractivity contribution is 7.87. The van der Waals surface area contributed by atoms with Crippen molar-refractivity contribution in [2.24, 2.45) is 0 Å². The first-order valence-corrected chi connectivity index (χ1v) is 9.67. The molecule has 1 aromatic heterocycles. The number of amides is 1. The molecular formula is C17H21N3O4S. The number of benzene rings is 1. The molecule has 25 heavy (non-hydrogen) atoms. The lowest BCUT2D eigenvalue weighted by Crippen LogP contribution is -2.43. The minimum Gasteiger partial charge on any atom is -0.459 e. The number of carbonyl (C=O) groups excluding carboxylic acids is 1. The summed E-state index contributed by atoms with van der Waals surface area (Å²) in [6.07, 6.45) is 4.33. The third-order valence-corrected chi connectivity index (χ3v) is 5.62. The van der Waals surface area contributed by atoms with Gasteiger partial charge < -0.3 is 9.73 Å². The van der Waals surface area contributed by atoms with Gasteiger partial charge >= 0.3 is 0 Å². The second kappa shape index (κ2) is 7.81. The van der Waals surface area contributed by atoms with Crippen LogP contribution in [0.1, 0.15) is 35.4 Å². The highest BCUT2D eigenvalue weighted by Gasteiger charge is 2.23. The highest BCUT2D eigenvalue weighted by atomic mass is 32.2. The standard InChI is InChI=1S/C17H21N3O4S/c21-17(16-5-4-12-24-16)19-15-8-6-14(7-9-15)13-18-25(22,23)20-10-2-1-3-11-20/h4-9,12,18H,1-3,10-11,13H2,(H,19,21). The lowest BCUT2D eigenvalue weighted by molar-refractivity contribution is 0.0996. The summed E-state index contributed by atoms with van der Waals surface area (Å²) < 4.78 is 33.6. The summed E-state index contributed by atoms with van der Waals surface area (Å²) in [7, 11) is -3.44. The van der Waals surface area contributed by atoms with Crippen LogP contribution < -0.4 is 10.0 Å². The van der Waals surface area contributed by atoms with E-state index in [0.717, 1.165) is 24.8 Å². The van der Waals surface area contributed by atoms with Crippen molar-refractivity contribution in [3.05, 3.63) is 54.0 Å². The van der Waals surface area contributed by atoms with Gasteiger partial charge in [-0.15, -0.1) is 0 Å². The molecule has 2 aromatic rings. The van der Waals surface area contributed by atoms with E-state index in [-0.39, 0.29) is 18.2 Å². The van der Waals surface area contributed by atoms with E-state index in [1.54, 1.807) is 36.4 Å². The number of piperidine rings is 1. The zero-order valence-electron chi connectivity index (χ0n) is 13.8. The van der Waals surface area contributed by atoms with Crippen LogP contribution in [0.15, 0.2) is 47.1 Å². The van der Waals surface area contributed by atoms with Crippen LogP contribution in [0.25, 0.3) is 0 Å². The molecule has 0 atom stereocenters. The molecule has 0 spiro atoms. The van der Waals surface area contributed by atoms with Crippen LogP contribution in [0, 0.1) is 0 Å². The molecular weight excluding hydrogens is 342 g/mol. The Labute approximate surface area is 147 Å². The molecule has 0 radical (unpaired) electrons. The summed E-state index contributed by atoms with van der Waals surface area (Å²) >= 11 is 0. The summed E-state index contributed by atoms with van der Waals surface area (Å²) in [5, 5.41) is 2.72. The van der Waals surface area contributed by atoms with Gasteiger partial charge in [0.15, 0.2) is 5.76 Å². The molecule has 2 N–H and O–H groups in total. The van der Waals surface area contributed by atoms with E-state index < -0.39 is 10.2 Å². The molecule has 0 saturated carbocycles. The maximum absolute atomic E-state index is 12.3. The Hall–Kier alpha value is -2.16. The summed E-state index contributed by atoms with van der Waals surface area (Å²) in [5.74, 6) is -0.0954. The molecule has 2 heterocycles. The van der Waals surface area contributed by atoms with Crippen LogP contribution in [0.2, 0.25) is 0 Å². The first kappa shape index (κ1) is 17.7. The molecule has 0 unspecified atom stereocenters. The van der Waals surface area contributed by atoms with E-state index in [1.807, 2.05) is 0 Å². The van der Waals surface area contributed by atoms with Crippen molar-refractivity contribution in [2.75, 3.05) is 18.4 Å². The molecule has 1 aliphatic heterocycles. The minimum absolute atomic E-state index is 0.214. The third kappa shape index (κ3) is 4.68. The van der Waals surface area contributed by atoms with Crippen LogP contribution in [0.5, 0.6) is 0 Å². The second-order valence-electron chi connectivity index (χ2n) is 5.91. The van der Waals surface area contributed by atoms with Crippen molar-refractivity contribution >= 4 is 21.8 Å². The molecule has 7 nitrogen and oxygen atoms in total. The first-order valence-electron chi connectivity index (χ1n) is 8.23. The molecule has 1 fully saturated rings. The second-order valence-corrected chi connectivity index (χ2v) is 7.67. The van der Waals surface area contributed by atoms with E-state index in [1.165, 1.54) is 10.6 Å². The number of nitrogens with zero attached hydrogens (tertiary/aromatic N) is 1. The molecule has 1 aliphatic rings. The number of rotatable bonds is 6. The topological polar surface area (TPSA) is 91.7 Å². The molecule has 1 aromatic carbocycles. The molecule has 134 valence electrons. The maximum atomic E-state index is 12.3. The van der Waals surface area contributed by atoms with Crippen LogP contribution in [-0.2, 0) is 16.8 Å². The van der Waals surface area contributed by atoms with Crippen LogP contribution in [0.3, 0.4) is 0 Å². The molecule has 1 amide bonds. The van der Waals surface area contributed by atoms with E-state index in [0.29, 0.717) is 18.8 Å². The fourth-order valence-corrected chi connectivity index (χ4v) is 3.95. The smallest absolute Gasteiger partial charge is 0.291 e. The number of hydrogen-bond acceptors (Lipinski definition) is 4. The summed E-state index contributed by atoms with van der Waals surface area (Å²) in [6, 6.07) is 10.2. The van der Waals surface area contributed by atoms with Crippen molar-refractivity contribution in [3.63, 3.8) is 0 Å². The predicted molar refractivity (Wildman–Crippen MR) is 94.3 cm³/mol. The summed E-state index contributed by atoms with van der Waals surface area (Å²) in [4.78, 5) is 11.9. The Morgan fingerprint density at radius 1 is 1.08 bits per heavy atom. The SMILES string of the molecule is O=C(Nc1ccc(CNS(=O)(=O)N2CCCCC2)cc1)c1ccco1. The van der Waals surface area contributed by atoms with Crippen molar-refractivity contribution in [1.29, 1.82) is 0 Å². The molecule has 8 heteroatoms. The highest BCUT2D eigenvalue weighted by Crippen LogP contribution is 2.14. The van der Waals surface area contributed by atoms with Crippen LogP contribution in [-0.4, -0.2) is 31.7 Å². The zero-order chi connectivity index (χ0) is 17.7. The molecule has 0 bridgehead atoms. The molecule has 3 rings (SSSR count). The van der Waals surface area contributed by atoms with E-state index in [2.05, 4.69) is 10.0 Å². The van der Waals surface area contributed by atoms with Gasteiger partial charge in [-0.25, -0.2) is 0 Å². The van der Waals surface area contributed by atoms with Crippen LogP contribution >= 0.6 is 0 Å². The third-order valence-electron chi connectivity index (χ3n) is 4.07. The van der Waals surface area contributed by atoms with Crippen molar-refractivity contribution in [1.82, 2.24) is 9.03 Å².